The third-order valence-corrected chi connectivity index (χ3v) is 5.21. The largest absolute Gasteiger partial charge is 0.507 e. The summed E-state index contributed by atoms with van der Waals surface area (Å²) in [4.78, 5) is 29.2. The molecule has 1 fully saturated rings. The van der Waals surface area contributed by atoms with Crippen molar-refractivity contribution in [3.8, 4) is 11.5 Å². The van der Waals surface area contributed by atoms with Crippen LogP contribution in [0.2, 0.25) is 5.02 Å². The molecule has 1 saturated heterocycles. The number of rotatable bonds is 6. The van der Waals surface area contributed by atoms with Crippen LogP contribution in [0.15, 0.2) is 48.0 Å². The zero-order valence-electron chi connectivity index (χ0n) is 16.9. The van der Waals surface area contributed by atoms with E-state index in [2.05, 4.69) is 0 Å². The van der Waals surface area contributed by atoms with Crippen LogP contribution >= 0.6 is 11.6 Å². The maximum Gasteiger partial charge on any atom is 0.295 e. The number of likely N-dealkylation sites (N-methyl/N-ethyl adjacent to an activating group) is 1. The van der Waals surface area contributed by atoms with Gasteiger partial charge in [0, 0.05) is 23.7 Å². The minimum Gasteiger partial charge on any atom is -0.507 e. The van der Waals surface area contributed by atoms with Crippen molar-refractivity contribution in [2.45, 2.75) is 6.04 Å². The van der Waals surface area contributed by atoms with Gasteiger partial charge in [0.05, 0.1) is 24.3 Å². The zero-order chi connectivity index (χ0) is 22.0. The van der Waals surface area contributed by atoms with Crippen LogP contribution in [0, 0.1) is 0 Å². The number of likely N-dealkylation sites (tertiary alicyclic amines) is 1. The molecule has 2 aromatic carbocycles. The van der Waals surface area contributed by atoms with Crippen LogP contribution in [0.4, 0.5) is 0 Å². The molecule has 2 N–H and O–H groups in total. The van der Waals surface area contributed by atoms with Crippen LogP contribution in [0.25, 0.3) is 5.76 Å². The number of phenolic OH excluding ortho intramolecular Hbond substituents is 1. The third-order valence-electron chi connectivity index (χ3n) is 4.98. The Bertz CT molecular complexity index is 1020. The van der Waals surface area contributed by atoms with Crippen LogP contribution in [0.1, 0.15) is 17.2 Å². The Morgan fingerprint density at radius 1 is 1.20 bits per heavy atom. The molecule has 8 heteroatoms. The SMILES string of the molecule is COc1ccccc1C1/C(=C(\O)c2cc(Cl)ccc2O)C(=O)C(=O)N1CCN(C)C. The van der Waals surface area contributed by atoms with Crippen LogP contribution in [-0.4, -0.2) is 66.0 Å². The number of halogens is 1. The third kappa shape index (κ3) is 3.99. The molecule has 1 unspecified atom stereocenters. The number of amides is 1. The van der Waals surface area contributed by atoms with E-state index in [1.807, 2.05) is 19.0 Å². The number of carbonyl (C=O) groups excluding carboxylic acids is 2. The molecule has 1 aliphatic rings. The van der Waals surface area contributed by atoms with E-state index in [4.69, 9.17) is 16.3 Å². The number of Topliss-reactive ketones (excluding diaryl/α,β-unsaturated/α-hetero) is 1. The number of nitrogens with zero attached hydrogens (tertiary/aromatic N) is 2. The van der Waals surface area contributed by atoms with Gasteiger partial charge in [0.2, 0.25) is 0 Å². The Morgan fingerprint density at radius 2 is 1.90 bits per heavy atom. The maximum absolute atomic E-state index is 13.0. The Morgan fingerprint density at radius 3 is 2.57 bits per heavy atom. The second kappa shape index (κ2) is 8.77. The summed E-state index contributed by atoms with van der Waals surface area (Å²) >= 11 is 6.01. The molecule has 7 nitrogen and oxygen atoms in total. The summed E-state index contributed by atoms with van der Waals surface area (Å²) in [5, 5.41) is 21.5. The number of carbonyl (C=O) groups is 2. The van der Waals surface area contributed by atoms with E-state index < -0.39 is 23.5 Å². The summed E-state index contributed by atoms with van der Waals surface area (Å²) < 4.78 is 5.44. The molecule has 1 amide bonds. The molecule has 30 heavy (non-hydrogen) atoms. The molecule has 1 aliphatic heterocycles. The van der Waals surface area contributed by atoms with Gasteiger partial charge in [-0.2, -0.15) is 0 Å². The highest BCUT2D eigenvalue weighted by Crippen LogP contribution is 2.43. The molecule has 0 radical (unpaired) electrons. The first-order chi connectivity index (χ1) is 14.3. The number of ketones is 1. The monoisotopic (exact) mass is 430 g/mol. The van der Waals surface area contributed by atoms with Crippen LogP contribution in [0.5, 0.6) is 11.5 Å². The topological polar surface area (TPSA) is 90.3 Å². The Kier molecular flexibility index (Phi) is 6.34. The van der Waals surface area contributed by atoms with Crippen LogP contribution in [-0.2, 0) is 9.59 Å². The number of benzene rings is 2. The Labute approximate surface area is 179 Å². The lowest BCUT2D eigenvalue weighted by Gasteiger charge is -2.27. The number of hydrogen-bond donors (Lipinski definition) is 2. The van der Waals surface area contributed by atoms with Gasteiger partial charge < -0.3 is 24.7 Å². The quantitative estimate of drug-likeness (QED) is 0.416. The van der Waals surface area contributed by atoms with E-state index in [0.29, 0.717) is 17.9 Å². The number of para-hydroxylation sites is 1. The fraction of sp³-hybridized carbons (Fsp3) is 0.273. The van der Waals surface area contributed by atoms with Crippen molar-refractivity contribution < 1.29 is 24.5 Å². The predicted molar refractivity (Wildman–Crippen MR) is 114 cm³/mol. The first kappa shape index (κ1) is 21.7. The summed E-state index contributed by atoms with van der Waals surface area (Å²) in [5.41, 5.74) is 0.412. The van der Waals surface area contributed by atoms with E-state index in [-0.39, 0.29) is 28.5 Å². The fourth-order valence-electron chi connectivity index (χ4n) is 3.48. The summed E-state index contributed by atoms with van der Waals surface area (Å²) in [6, 6.07) is 10.2. The van der Waals surface area contributed by atoms with Crippen LogP contribution < -0.4 is 4.74 Å². The van der Waals surface area contributed by atoms with Gasteiger partial charge in [0.25, 0.3) is 11.7 Å². The van der Waals surface area contributed by atoms with Crippen LogP contribution in [0.3, 0.4) is 0 Å². The molecule has 1 atom stereocenters. The normalized spacial score (nSPS) is 18.3. The lowest BCUT2D eigenvalue weighted by Crippen LogP contribution is -2.35. The van der Waals surface area contributed by atoms with E-state index in [1.165, 1.54) is 30.2 Å². The van der Waals surface area contributed by atoms with E-state index in [1.54, 1.807) is 24.3 Å². The van der Waals surface area contributed by atoms with Crippen molar-refractivity contribution in [3.05, 3.63) is 64.2 Å². The van der Waals surface area contributed by atoms with Crippen molar-refractivity contribution in [1.82, 2.24) is 9.80 Å². The van der Waals surface area contributed by atoms with E-state index in [0.717, 1.165) is 0 Å². The molecule has 0 saturated carbocycles. The van der Waals surface area contributed by atoms with E-state index in [9.17, 15) is 19.8 Å². The molecule has 0 aromatic heterocycles. The summed E-state index contributed by atoms with van der Waals surface area (Å²) in [7, 11) is 5.21. The molecular weight excluding hydrogens is 408 g/mol. The van der Waals surface area contributed by atoms with Gasteiger partial charge in [0.1, 0.15) is 17.3 Å². The molecule has 3 rings (SSSR count). The molecule has 158 valence electrons. The van der Waals surface area contributed by atoms with Crippen molar-refractivity contribution >= 4 is 29.1 Å². The number of hydrogen-bond acceptors (Lipinski definition) is 6. The van der Waals surface area contributed by atoms with Crippen molar-refractivity contribution in [2.75, 3.05) is 34.3 Å². The molecule has 0 spiro atoms. The van der Waals surface area contributed by atoms with Gasteiger partial charge in [-0.05, 0) is 38.4 Å². The van der Waals surface area contributed by atoms with E-state index >= 15 is 0 Å². The predicted octanol–water partition coefficient (Wildman–Crippen LogP) is 3.04. The standard InChI is InChI=1S/C22H23ClN2O5/c1-24(2)10-11-25-19(14-6-4-5-7-17(14)30-3)18(21(28)22(25)29)20(27)15-12-13(23)8-9-16(15)26/h4-9,12,19,26-27H,10-11H2,1-3H3/b20-18+. The highest BCUT2D eigenvalue weighted by molar-refractivity contribution is 6.46. The zero-order valence-corrected chi connectivity index (χ0v) is 17.7. The Hall–Kier alpha value is -3.03. The molecule has 0 bridgehead atoms. The second-order valence-electron chi connectivity index (χ2n) is 7.20. The number of aliphatic hydroxyl groups excluding tert-OH is 1. The summed E-state index contributed by atoms with van der Waals surface area (Å²) in [5.74, 6) is -1.83. The van der Waals surface area contributed by atoms with Gasteiger partial charge in [-0.1, -0.05) is 29.8 Å². The van der Waals surface area contributed by atoms with Gasteiger partial charge in [-0.3, -0.25) is 9.59 Å². The Balaban J connectivity index is 2.24. The fourth-order valence-corrected chi connectivity index (χ4v) is 3.65. The number of aromatic hydroxyl groups is 1. The molecule has 1 heterocycles. The smallest absolute Gasteiger partial charge is 0.295 e. The first-order valence-corrected chi connectivity index (χ1v) is 9.69. The highest BCUT2D eigenvalue weighted by atomic mass is 35.5. The number of ether oxygens (including phenoxy) is 1. The number of phenols is 1. The highest BCUT2D eigenvalue weighted by Gasteiger charge is 2.47. The van der Waals surface area contributed by atoms with Crippen molar-refractivity contribution in [2.24, 2.45) is 0 Å². The second-order valence-corrected chi connectivity index (χ2v) is 7.64. The first-order valence-electron chi connectivity index (χ1n) is 9.31. The average Bonchev–Trinajstić information content (AvgIpc) is 2.97. The van der Waals surface area contributed by atoms with Gasteiger partial charge in [-0.25, -0.2) is 0 Å². The maximum atomic E-state index is 13.0. The van der Waals surface area contributed by atoms with Gasteiger partial charge in [0.15, 0.2) is 0 Å². The number of methoxy groups -OCH3 is 1. The molecule has 2 aromatic rings. The lowest BCUT2D eigenvalue weighted by molar-refractivity contribution is -0.140. The lowest BCUT2D eigenvalue weighted by atomic mass is 9.94. The van der Waals surface area contributed by atoms with Crippen molar-refractivity contribution in [3.63, 3.8) is 0 Å². The van der Waals surface area contributed by atoms with Crippen molar-refractivity contribution in [1.29, 1.82) is 0 Å². The van der Waals surface area contributed by atoms with Gasteiger partial charge >= 0.3 is 0 Å². The summed E-state index contributed by atoms with van der Waals surface area (Å²) in [6.45, 7) is 0.778. The molecular formula is C22H23ClN2O5. The van der Waals surface area contributed by atoms with Gasteiger partial charge in [-0.15, -0.1) is 0 Å². The number of aliphatic hydroxyl groups is 1. The summed E-state index contributed by atoms with van der Waals surface area (Å²) in [6.07, 6.45) is 0. The minimum absolute atomic E-state index is 0.0204. The molecule has 0 aliphatic carbocycles. The average molecular weight is 431 g/mol. The minimum atomic E-state index is -0.875.